The van der Waals surface area contributed by atoms with Gasteiger partial charge in [0.2, 0.25) is 0 Å². The van der Waals surface area contributed by atoms with Crippen LogP contribution in [0.25, 0.3) is 100 Å². The Labute approximate surface area is 403 Å². The topological polar surface area (TPSA) is 0 Å². The largest absolute Gasteiger partial charge is 0.0713 e. The van der Waals surface area contributed by atoms with Crippen LogP contribution in [0.1, 0.15) is 33.4 Å². The summed E-state index contributed by atoms with van der Waals surface area (Å²) in [6.07, 6.45) is 4.42. The second-order valence-corrected chi connectivity index (χ2v) is 18.3. The van der Waals surface area contributed by atoms with Crippen LogP contribution < -0.4 is 0 Å². The highest BCUT2D eigenvalue weighted by molar-refractivity contribution is 6.21. The van der Waals surface area contributed by atoms with Gasteiger partial charge >= 0.3 is 0 Å². The Kier molecular flexibility index (Phi) is 9.84. The first-order chi connectivity index (χ1) is 34.2. The zero-order valence-corrected chi connectivity index (χ0v) is 38.1. The van der Waals surface area contributed by atoms with E-state index in [1.165, 1.54) is 121 Å². The molecule has 0 bridgehead atoms. The summed E-state index contributed by atoms with van der Waals surface area (Å²) in [5.41, 5.74) is 19.6. The van der Waals surface area contributed by atoms with E-state index < -0.39 is 5.41 Å². The lowest BCUT2D eigenvalue weighted by molar-refractivity contribution is 0.768. The third-order valence-corrected chi connectivity index (χ3v) is 14.6. The average molecular weight is 875 g/mol. The van der Waals surface area contributed by atoms with E-state index in [9.17, 15) is 0 Å². The normalized spacial score (nSPS) is 12.7. The standard InChI is InChI=1S/C69H46/c1-2-17-55(18-3-1)69(65-27-12-10-20-59(65)60-21-11-13-28-66(60)69)56-45-43-50(44-46-56)49-39-41-54(42-40-49)68-63-24-8-6-22-61(63)67(62-23-7-9-25-64(62)68)53-37-33-48(34-38-53)30-29-47-31-35-52(36-32-47)58-26-14-16-51-15-4-5-19-57(51)58/h1-46H/b30-29+. The molecule has 0 atom stereocenters. The molecule has 1 aliphatic carbocycles. The molecule has 0 spiro atoms. The molecular weight excluding hydrogens is 829 g/mol. The highest BCUT2D eigenvalue weighted by atomic mass is 14.5. The SMILES string of the molecule is C(=C\c1ccc(-c2c3ccccc3c(-c3ccc(-c4ccc(C5(c6ccccc6)c6ccccc6-c6ccccc65)cc4)cc3)c3ccccc23)cc1)/c1ccc(-c2cccc3ccccc23)cc1. The molecule has 322 valence electrons. The molecule has 0 aromatic heterocycles. The molecule has 13 rings (SSSR count). The van der Waals surface area contributed by atoms with Gasteiger partial charge in [-0.1, -0.05) is 279 Å². The van der Waals surface area contributed by atoms with Crippen molar-refractivity contribution in [2.45, 2.75) is 5.41 Å². The van der Waals surface area contributed by atoms with Crippen LogP contribution in [-0.2, 0) is 5.41 Å². The molecule has 12 aromatic carbocycles. The summed E-state index contributed by atoms with van der Waals surface area (Å²) in [6, 6.07) is 98.3. The number of fused-ring (bicyclic) bond motifs is 6. The summed E-state index contributed by atoms with van der Waals surface area (Å²) in [5.74, 6) is 0. The number of benzene rings is 12. The molecule has 0 saturated heterocycles. The quantitative estimate of drug-likeness (QED) is 0.105. The van der Waals surface area contributed by atoms with Gasteiger partial charge in [-0.2, -0.15) is 0 Å². The van der Waals surface area contributed by atoms with E-state index in [1.807, 2.05) is 0 Å². The Morgan fingerprint density at radius 1 is 0.232 bits per heavy atom. The number of hydrogen-bond acceptors (Lipinski definition) is 0. The predicted octanol–water partition coefficient (Wildman–Crippen LogP) is 18.3. The molecule has 0 heteroatoms. The lowest BCUT2D eigenvalue weighted by Gasteiger charge is -2.34. The van der Waals surface area contributed by atoms with Crippen LogP contribution in [0, 0.1) is 0 Å². The minimum Gasteiger partial charge on any atom is -0.0622 e. The van der Waals surface area contributed by atoms with Crippen molar-refractivity contribution in [1.82, 2.24) is 0 Å². The maximum atomic E-state index is 2.35. The molecule has 69 heavy (non-hydrogen) atoms. The van der Waals surface area contributed by atoms with Crippen molar-refractivity contribution in [3.63, 3.8) is 0 Å². The van der Waals surface area contributed by atoms with Crippen molar-refractivity contribution in [1.29, 1.82) is 0 Å². The molecule has 0 fully saturated rings. The Morgan fingerprint density at radius 3 is 1.13 bits per heavy atom. The second-order valence-electron chi connectivity index (χ2n) is 18.3. The van der Waals surface area contributed by atoms with E-state index in [2.05, 4.69) is 279 Å². The van der Waals surface area contributed by atoms with Crippen LogP contribution in [0.3, 0.4) is 0 Å². The summed E-state index contributed by atoms with van der Waals surface area (Å²) in [7, 11) is 0. The van der Waals surface area contributed by atoms with Crippen LogP contribution in [0.4, 0.5) is 0 Å². The van der Waals surface area contributed by atoms with Crippen LogP contribution in [0.2, 0.25) is 0 Å². The molecule has 0 nitrogen and oxygen atoms in total. The van der Waals surface area contributed by atoms with Gasteiger partial charge in [0.05, 0.1) is 5.41 Å². The first kappa shape index (κ1) is 40.4. The zero-order chi connectivity index (χ0) is 45.7. The zero-order valence-electron chi connectivity index (χ0n) is 38.1. The van der Waals surface area contributed by atoms with Gasteiger partial charge in [0.15, 0.2) is 0 Å². The van der Waals surface area contributed by atoms with Crippen molar-refractivity contribution >= 4 is 44.5 Å². The minimum absolute atomic E-state index is 0.405. The van der Waals surface area contributed by atoms with E-state index in [4.69, 9.17) is 0 Å². The lowest BCUT2D eigenvalue weighted by atomic mass is 9.67. The fraction of sp³-hybridized carbons (Fsp3) is 0.0145. The fourth-order valence-electron chi connectivity index (χ4n) is 11.4. The Balaban J connectivity index is 0.812. The number of hydrogen-bond donors (Lipinski definition) is 0. The molecule has 0 N–H and O–H groups in total. The Morgan fingerprint density at radius 2 is 0.594 bits per heavy atom. The van der Waals surface area contributed by atoms with E-state index in [1.54, 1.807) is 0 Å². The lowest BCUT2D eigenvalue weighted by Crippen LogP contribution is -2.28. The van der Waals surface area contributed by atoms with Crippen molar-refractivity contribution in [3.8, 4) is 55.6 Å². The third kappa shape index (κ3) is 6.75. The maximum absolute atomic E-state index is 2.35. The summed E-state index contributed by atoms with van der Waals surface area (Å²) >= 11 is 0. The van der Waals surface area contributed by atoms with E-state index >= 15 is 0 Å². The Bertz CT molecular complexity index is 3780. The third-order valence-electron chi connectivity index (χ3n) is 14.6. The molecule has 0 amide bonds. The molecule has 0 aliphatic heterocycles. The molecule has 0 heterocycles. The predicted molar refractivity (Wildman–Crippen MR) is 293 cm³/mol. The van der Waals surface area contributed by atoms with Gasteiger partial charge in [0, 0.05) is 0 Å². The van der Waals surface area contributed by atoms with Gasteiger partial charge in [0.25, 0.3) is 0 Å². The van der Waals surface area contributed by atoms with Gasteiger partial charge in [-0.05, 0) is 121 Å². The van der Waals surface area contributed by atoms with Crippen LogP contribution in [0.5, 0.6) is 0 Å². The van der Waals surface area contributed by atoms with Crippen LogP contribution in [-0.4, -0.2) is 0 Å². The summed E-state index contributed by atoms with van der Waals surface area (Å²) in [5, 5.41) is 7.55. The van der Waals surface area contributed by atoms with Gasteiger partial charge < -0.3 is 0 Å². The summed E-state index contributed by atoms with van der Waals surface area (Å²) in [6.45, 7) is 0. The maximum Gasteiger partial charge on any atom is 0.0713 e. The fourth-order valence-corrected chi connectivity index (χ4v) is 11.4. The molecule has 0 radical (unpaired) electrons. The molecule has 0 unspecified atom stereocenters. The first-order valence-corrected chi connectivity index (χ1v) is 24.0. The van der Waals surface area contributed by atoms with Crippen molar-refractivity contribution in [3.05, 3.63) is 300 Å². The monoisotopic (exact) mass is 874 g/mol. The molecule has 1 aliphatic rings. The smallest absolute Gasteiger partial charge is 0.0622 e. The Hall–Kier alpha value is -8.84. The first-order valence-electron chi connectivity index (χ1n) is 24.0. The number of rotatable bonds is 8. The van der Waals surface area contributed by atoms with Crippen molar-refractivity contribution in [2.24, 2.45) is 0 Å². The summed E-state index contributed by atoms with van der Waals surface area (Å²) in [4.78, 5) is 0. The average Bonchev–Trinajstić information content (AvgIpc) is 3.73. The van der Waals surface area contributed by atoms with Crippen LogP contribution >= 0.6 is 0 Å². The molecular formula is C69H46. The van der Waals surface area contributed by atoms with Gasteiger partial charge in [-0.25, -0.2) is 0 Å². The highest BCUT2D eigenvalue weighted by Gasteiger charge is 2.45. The molecule has 12 aromatic rings. The van der Waals surface area contributed by atoms with Crippen LogP contribution in [0.15, 0.2) is 267 Å². The van der Waals surface area contributed by atoms with Gasteiger partial charge in [0.1, 0.15) is 0 Å². The van der Waals surface area contributed by atoms with E-state index in [0.29, 0.717) is 0 Å². The summed E-state index contributed by atoms with van der Waals surface area (Å²) < 4.78 is 0. The van der Waals surface area contributed by atoms with E-state index in [-0.39, 0.29) is 0 Å². The van der Waals surface area contributed by atoms with E-state index in [0.717, 1.165) is 0 Å². The van der Waals surface area contributed by atoms with Gasteiger partial charge in [-0.15, -0.1) is 0 Å². The minimum atomic E-state index is -0.405. The molecule has 0 saturated carbocycles. The van der Waals surface area contributed by atoms with Crippen molar-refractivity contribution in [2.75, 3.05) is 0 Å². The van der Waals surface area contributed by atoms with Crippen molar-refractivity contribution < 1.29 is 0 Å². The van der Waals surface area contributed by atoms with Gasteiger partial charge in [-0.3, -0.25) is 0 Å². The highest BCUT2D eigenvalue weighted by Crippen LogP contribution is 2.56. The second kappa shape index (κ2) is 16.8.